The Bertz CT molecular complexity index is 752. The third kappa shape index (κ3) is 2.05. The Morgan fingerprint density at radius 1 is 1.38 bits per heavy atom. The van der Waals surface area contributed by atoms with E-state index in [2.05, 4.69) is 49.0 Å². The van der Waals surface area contributed by atoms with E-state index in [1.54, 1.807) is 0 Å². The maximum atomic E-state index is 6.14. The summed E-state index contributed by atoms with van der Waals surface area (Å²) in [6.45, 7) is 10.2. The van der Waals surface area contributed by atoms with Crippen LogP contribution in [0.5, 0.6) is 0 Å². The molecule has 0 amide bonds. The van der Waals surface area contributed by atoms with E-state index in [9.17, 15) is 0 Å². The Hall–Kier alpha value is -2.42. The van der Waals surface area contributed by atoms with E-state index in [1.165, 1.54) is 5.56 Å². The van der Waals surface area contributed by atoms with Crippen molar-refractivity contribution in [2.75, 3.05) is 4.90 Å². The molecule has 1 N–H and O–H groups in total. The first-order valence-corrected chi connectivity index (χ1v) is 7.19. The van der Waals surface area contributed by atoms with Gasteiger partial charge >= 0.3 is 0 Å². The number of furan rings is 1. The van der Waals surface area contributed by atoms with E-state index < -0.39 is 0 Å². The lowest BCUT2D eigenvalue weighted by molar-refractivity contribution is 0.598. The van der Waals surface area contributed by atoms with Crippen molar-refractivity contribution >= 4 is 28.8 Å². The number of aryl methyl sites for hydroxylation is 1. The molecule has 3 nitrogen and oxygen atoms in total. The minimum atomic E-state index is 0.219. The van der Waals surface area contributed by atoms with Crippen LogP contribution in [0.2, 0.25) is 0 Å². The second-order valence-electron chi connectivity index (χ2n) is 5.26. The molecule has 3 heteroatoms. The largest absolute Gasteiger partial charge is 0.454 e. The number of nitrogens with one attached hydrogen (secondary N) is 1. The minimum Gasteiger partial charge on any atom is -0.454 e. The van der Waals surface area contributed by atoms with Gasteiger partial charge in [-0.15, -0.1) is 0 Å². The van der Waals surface area contributed by atoms with Gasteiger partial charge in [0.1, 0.15) is 11.9 Å². The predicted molar refractivity (Wildman–Crippen MR) is 90.0 cm³/mol. The molecular weight excluding hydrogens is 260 g/mol. The molecule has 21 heavy (non-hydrogen) atoms. The molecule has 1 atom stereocenters. The van der Waals surface area contributed by atoms with Crippen molar-refractivity contribution in [3.05, 3.63) is 54.1 Å². The van der Waals surface area contributed by atoms with Gasteiger partial charge in [0.2, 0.25) is 0 Å². The lowest BCUT2D eigenvalue weighted by Crippen LogP contribution is -2.32. The summed E-state index contributed by atoms with van der Waals surface area (Å²) in [5.41, 5.74) is 4.27. The third-order valence-electron chi connectivity index (χ3n) is 3.87. The molecule has 1 aliphatic heterocycles. The van der Waals surface area contributed by atoms with Gasteiger partial charge in [0.15, 0.2) is 5.58 Å². The molecule has 0 aliphatic carbocycles. The molecule has 2 heterocycles. The molecule has 0 spiro atoms. The average molecular weight is 280 g/mol. The Balaban J connectivity index is 2.31. The van der Waals surface area contributed by atoms with Crippen LogP contribution in [-0.2, 0) is 0 Å². The lowest BCUT2D eigenvalue weighted by Gasteiger charge is -2.24. The number of hydrogen-bond donors (Lipinski definition) is 1. The molecule has 0 saturated carbocycles. The second kappa shape index (κ2) is 5.17. The summed E-state index contributed by atoms with van der Waals surface area (Å²) >= 11 is 0. The molecule has 0 saturated heterocycles. The zero-order valence-electron chi connectivity index (χ0n) is 12.7. The summed E-state index contributed by atoms with van der Waals surface area (Å²) in [7, 11) is 0. The smallest absolute Gasteiger partial charge is 0.159 e. The summed E-state index contributed by atoms with van der Waals surface area (Å²) < 4.78 is 6.14. The fraction of sp³-hybridized carbons (Fsp3) is 0.222. The summed E-state index contributed by atoms with van der Waals surface area (Å²) in [4.78, 5) is 2.20. The monoisotopic (exact) mass is 280 g/mol. The highest BCUT2D eigenvalue weighted by molar-refractivity contribution is 5.99. The zero-order chi connectivity index (χ0) is 15.0. The first-order chi connectivity index (χ1) is 10.2. The van der Waals surface area contributed by atoms with E-state index in [4.69, 9.17) is 4.42 Å². The molecule has 1 aromatic heterocycles. The van der Waals surface area contributed by atoms with Gasteiger partial charge in [0.25, 0.3) is 0 Å². The molecule has 0 bridgehead atoms. The van der Waals surface area contributed by atoms with E-state index in [0.717, 1.165) is 28.0 Å². The molecule has 0 fully saturated rings. The summed E-state index contributed by atoms with van der Waals surface area (Å²) in [5, 5.41) is 4.39. The predicted octanol–water partition coefficient (Wildman–Crippen LogP) is 4.64. The average Bonchev–Trinajstić information content (AvgIpc) is 3.03. The quantitative estimate of drug-likeness (QED) is 0.887. The highest BCUT2D eigenvalue weighted by Gasteiger charge is 2.23. The molecule has 3 rings (SSSR count). The van der Waals surface area contributed by atoms with Crippen molar-refractivity contribution < 1.29 is 4.42 Å². The van der Waals surface area contributed by atoms with Crippen LogP contribution in [0.25, 0.3) is 23.1 Å². The normalized spacial score (nSPS) is 17.9. The van der Waals surface area contributed by atoms with Crippen molar-refractivity contribution in [2.24, 2.45) is 0 Å². The van der Waals surface area contributed by atoms with Crippen LogP contribution in [0.4, 0.5) is 5.69 Å². The van der Waals surface area contributed by atoms with Crippen LogP contribution < -0.4 is 10.2 Å². The van der Waals surface area contributed by atoms with Gasteiger partial charge < -0.3 is 14.6 Å². The van der Waals surface area contributed by atoms with E-state index >= 15 is 0 Å². The van der Waals surface area contributed by atoms with Gasteiger partial charge in [0.05, 0.1) is 5.69 Å². The van der Waals surface area contributed by atoms with Crippen molar-refractivity contribution in [1.82, 2.24) is 5.32 Å². The summed E-state index contributed by atoms with van der Waals surface area (Å²) in [6, 6.07) is 4.25. The van der Waals surface area contributed by atoms with Crippen LogP contribution in [0.1, 0.15) is 30.7 Å². The van der Waals surface area contributed by atoms with E-state index in [0.29, 0.717) is 0 Å². The first-order valence-electron chi connectivity index (χ1n) is 7.19. The standard InChI is InChI=1S/C18H20N2O/c1-5-7-16-14(6-2)15-9-8-12(3)17(18(15)21-16)20-11-10-19-13(20)4/h5-11,13,19H,2H2,1,3-4H3/b7-5-. The van der Waals surface area contributed by atoms with Crippen molar-refractivity contribution in [1.29, 1.82) is 0 Å². The molecule has 1 aliphatic rings. The highest BCUT2D eigenvalue weighted by atomic mass is 16.3. The Morgan fingerprint density at radius 2 is 2.19 bits per heavy atom. The first kappa shape index (κ1) is 13.6. The number of anilines is 1. The minimum absolute atomic E-state index is 0.219. The second-order valence-corrected chi connectivity index (χ2v) is 5.26. The van der Waals surface area contributed by atoms with Gasteiger partial charge in [-0.2, -0.15) is 0 Å². The summed E-state index contributed by atoms with van der Waals surface area (Å²) in [6.07, 6.45) is 10.1. The molecule has 108 valence electrons. The SMILES string of the molecule is C=Cc1c(/C=C\C)oc2c(N3C=CNC3C)c(C)ccc12. The zero-order valence-corrected chi connectivity index (χ0v) is 12.7. The molecule has 2 aromatic rings. The van der Waals surface area contributed by atoms with Crippen LogP contribution in [0.15, 0.2) is 41.6 Å². The van der Waals surface area contributed by atoms with Gasteiger partial charge in [-0.1, -0.05) is 30.9 Å². The maximum absolute atomic E-state index is 6.14. The fourth-order valence-corrected chi connectivity index (χ4v) is 2.83. The number of nitrogens with zero attached hydrogens (tertiary/aromatic N) is 1. The maximum Gasteiger partial charge on any atom is 0.159 e. The molecule has 1 unspecified atom stereocenters. The van der Waals surface area contributed by atoms with Gasteiger partial charge in [-0.05, 0) is 32.4 Å². The molecule has 0 radical (unpaired) electrons. The fourth-order valence-electron chi connectivity index (χ4n) is 2.83. The number of allylic oxidation sites excluding steroid dienone is 1. The van der Waals surface area contributed by atoms with Crippen molar-refractivity contribution in [3.63, 3.8) is 0 Å². The Kier molecular flexibility index (Phi) is 3.34. The van der Waals surface area contributed by atoms with Gasteiger partial charge in [-0.25, -0.2) is 0 Å². The van der Waals surface area contributed by atoms with Crippen molar-refractivity contribution in [3.8, 4) is 0 Å². The third-order valence-corrected chi connectivity index (χ3v) is 3.87. The van der Waals surface area contributed by atoms with Crippen LogP contribution in [0, 0.1) is 6.92 Å². The van der Waals surface area contributed by atoms with Crippen molar-refractivity contribution in [2.45, 2.75) is 26.9 Å². The molecular formula is C18H20N2O. The van der Waals surface area contributed by atoms with Gasteiger partial charge in [0, 0.05) is 23.3 Å². The Morgan fingerprint density at radius 3 is 2.81 bits per heavy atom. The molecule has 1 aromatic carbocycles. The number of rotatable bonds is 3. The van der Waals surface area contributed by atoms with E-state index in [1.807, 2.05) is 31.4 Å². The Labute approximate surface area is 125 Å². The number of hydrogen-bond acceptors (Lipinski definition) is 3. The van der Waals surface area contributed by atoms with Crippen LogP contribution in [-0.4, -0.2) is 6.17 Å². The number of benzene rings is 1. The van der Waals surface area contributed by atoms with Crippen LogP contribution >= 0.6 is 0 Å². The van der Waals surface area contributed by atoms with Crippen LogP contribution in [0.3, 0.4) is 0 Å². The van der Waals surface area contributed by atoms with E-state index in [-0.39, 0.29) is 6.17 Å². The number of fused-ring (bicyclic) bond motifs is 1. The summed E-state index contributed by atoms with van der Waals surface area (Å²) in [5.74, 6) is 0.859. The topological polar surface area (TPSA) is 28.4 Å². The highest BCUT2D eigenvalue weighted by Crippen LogP contribution is 2.38. The lowest BCUT2D eigenvalue weighted by atomic mass is 10.1. The van der Waals surface area contributed by atoms with Gasteiger partial charge in [-0.3, -0.25) is 0 Å².